The van der Waals surface area contributed by atoms with Crippen molar-refractivity contribution in [1.82, 2.24) is 0 Å². The predicted octanol–water partition coefficient (Wildman–Crippen LogP) is 5.35. The molecule has 2 rings (SSSR count). The number of unbranched alkanes of at least 4 members (excludes halogenated alkanes) is 2. The monoisotopic (exact) mass is 338 g/mol. The maximum Gasteiger partial charge on any atom is 0.271 e. The van der Waals surface area contributed by atoms with E-state index in [0.29, 0.717) is 11.3 Å². The van der Waals surface area contributed by atoms with Crippen LogP contribution in [-0.2, 0) is 0 Å². The van der Waals surface area contributed by atoms with Crippen LogP contribution in [0.2, 0.25) is 0 Å². The molecule has 2 aromatic carbocycles. The number of carbonyl (C=O) groups excluding carboxylic acids is 1. The zero-order valence-corrected chi connectivity index (χ0v) is 14.3. The van der Waals surface area contributed by atoms with Crippen molar-refractivity contribution < 1.29 is 9.72 Å². The third-order valence-electron chi connectivity index (χ3n) is 3.78. The molecule has 0 aromatic heterocycles. The average molecular weight is 338 g/mol. The van der Waals surface area contributed by atoms with E-state index in [9.17, 15) is 14.9 Å². The van der Waals surface area contributed by atoms with E-state index in [1.165, 1.54) is 12.1 Å². The first kappa shape index (κ1) is 18.4. The summed E-state index contributed by atoms with van der Waals surface area (Å²) in [5, 5.41) is 14.1. The second-order valence-electron chi connectivity index (χ2n) is 5.79. The molecule has 1 N–H and O–H groups in total. The number of rotatable bonds is 9. The highest BCUT2D eigenvalue weighted by molar-refractivity contribution is 6.05. The largest absolute Gasteiger partial charge is 0.359 e. The molecule has 0 fully saturated rings. The lowest BCUT2D eigenvalue weighted by Crippen LogP contribution is -2.05. The molecule has 2 aromatic rings. The zero-order chi connectivity index (χ0) is 18.1. The van der Waals surface area contributed by atoms with E-state index in [-0.39, 0.29) is 11.5 Å². The maximum absolute atomic E-state index is 12.4. The molecule has 0 bridgehead atoms. The first-order valence-electron chi connectivity index (χ1n) is 8.41. The normalized spacial score (nSPS) is 11.2. The van der Waals surface area contributed by atoms with Crippen LogP contribution < -0.4 is 5.32 Å². The summed E-state index contributed by atoms with van der Waals surface area (Å²) in [4.78, 5) is 22.9. The molecule has 0 aliphatic rings. The van der Waals surface area contributed by atoms with Gasteiger partial charge in [-0.25, -0.2) is 0 Å². The summed E-state index contributed by atoms with van der Waals surface area (Å²) in [5.74, 6) is -0.0787. The van der Waals surface area contributed by atoms with Crippen LogP contribution in [0.4, 0.5) is 11.4 Å². The van der Waals surface area contributed by atoms with Crippen LogP contribution >= 0.6 is 0 Å². The van der Waals surface area contributed by atoms with Gasteiger partial charge in [0.15, 0.2) is 5.78 Å². The summed E-state index contributed by atoms with van der Waals surface area (Å²) in [6.45, 7) is 2.12. The van der Waals surface area contributed by atoms with E-state index in [1.54, 1.807) is 30.3 Å². The number of allylic oxidation sites excluding steroid dienone is 2. The quantitative estimate of drug-likeness (QED) is 0.220. The van der Waals surface area contributed by atoms with Crippen LogP contribution in [0, 0.1) is 10.1 Å². The molecule has 5 heteroatoms. The first-order chi connectivity index (χ1) is 12.1. The van der Waals surface area contributed by atoms with Crippen molar-refractivity contribution in [2.75, 3.05) is 5.32 Å². The van der Waals surface area contributed by atoms with Gasteiger partial charge in [0.25, 0.3) is 5.69 Å². The number of nitro groups is 1. The van der Waals surface area contributed by atoms with Crippen molar-refractivity contribution >= 4 is 17.2 Å². The second-order valence-corrected chi connectivity index (χ2v) is 5.79. The van der Waals surface area contributed by atoms with Crippen LogP contribution in [-0.4, -0.2) is 10.7 Å². The highest BCUT2D eigenvalue weighted by Gasteiger charge is 2.09. The van der Waals surface area contributed by atoms with Crippen LogP contribution in [0.25, 0.3) is 0 Å². The molecule has 0 saturated heterocycles. The summed E-state index contributed by atoms with van der Waals surface area (Å²) in [6, 6.07) is 15.4. The highest BCUT2D eigenvalue weighted by Crippen LogP contribution is 2.21. The molecule has 5 nitrogen and oxygen atoms in total. The summed E-state index contributed by atoms with van der Waals surface area (Å²) in [6.07, 6.45) is 5.40. The molecule has 0 unspecified atom stereocenters. The third-order valence-corrected chi connectivity index (χ3v) is 3.78. The zero-order valence-electron chi connectivity index (χ0n) is 14.3. The minimum absolute atomic E-state index is 0.0206. The number of nitrogens with one attached hydrogen (secondary N) is 1. The van der Waals surface area contributed by atoms with Gasteiger partial charge in [-0.1, -0.05) is 56.2 Å². The lowest BCUT2D eigenvalue weighted by Gasteiger charge is -2.11. The SMILES string of the molecule is CCCCC/C(=C/C(=O)c1ccccc1)Nc1cccc([N+](=O)[O-])c1. The molecule has 0 atom stereocenters. The van der Waals surface area contributed by atoms with Gasteiger partial charge in [0.1, 0.15) is 0 Å². The fourth-order valence-corrected chi connectivity index (χ4v) is 2.46. The number of nitro benzene ring substituents is 1. The van der Waals surface area contributed by atoms with E-state index < -0.39 is 4.92 Å². The number of nitrogens with zero attached hydrogens (tertiary/aromatic N) is 1. The lowest BCUT2D eigenvalue weighted by atomic mass is 10.1. The Kier molecular flexibility index (Phi) is 6.89. The number of non-ortho nitro benzene ring substituents is 1. The minimum Gasteiger partial charge on any atom is -0.359 e. The highest BCUT2D eigenvalue weighted by atomic mass is 16.6. The Labute approximate surface area is 147 Å². The standard InChI is InChI=1S/C20H22N2O3/c1-2-3-5-11-18(15-20(23)16-9-6-4-7-10-16)21-17-12-8-13-19(14-17)22(24)25/h4,6-10,12-15,21H,2-3,5,11H2,1H3/b18-15-. The van der Waals surface area contributed by atoms with Crippen LogP contribution in [0.3, 0.4) is 0 Å². The first-order valence-corrected chi connectivity index (χ1v) is 8.41. The Bertz CT molecular complexity index is 755. The van der Waals surface area contributed by atoms with Crippen LogP contribution in [0.15, 0.2) is 66.4 Å². The van der Waals surface area contributed by atoms with Gasteiger partial charge in [-0.15, -0.1) is 0 Å². The Morgan fingerprint density at radius 1 is 1.12 bits per heavy atom. The molecule has 0 amide bonds. The Morgan fingerprint density at radius 2 is 1.88 bits per heavy atom. The average Bonchev–Trinajstić information content (AvgIpc) is 2.62. The van der Waals surface area contributed by atoms with E-state index in [4.69, 9.17) is 0 Å². The van der Waals surface area contributed by atoms with E-state index in [1.807, 2.05) is 18.2 Å². The van der Waals surface area contributed by atoms with Crippen LogP contribution in [0.5, 0.6) is 0 Å². The lowest BCUT2D eigenvalue weighted by molar-refractivity contribution is -0.384. The molecule has 0 saturated carbocycles. The van der Waals surface area contributed by atoms with Gasteiger partial charge in [0.2, 0.25) is 0 Å². The molecule has 0 aliphatic heterocycles. The van der Waals surface area contributed by atoms with Crippen molar-refractivity contribution in [3.05, 3.63) is 82.0 Å². The molecule has 130 valence electrons. The van der Waals surface area contributed by atoms with Crippen molar-refractivity contribution in [3.8, 4) is 0 Å². The van der Waals surface area contributed by atoms with Gasteiger partial charge < -0.3 is 5.32 Å². The third kappa shape index (κ3) is 5.88. The van der Waals surface area contributed by atoms with E-state index in [0.717, 1.165) is 31.4 Å². The number of hydrogen-bond donors (Lipinski definition) is 1. The van der Waals surface area contributed by atoms with E-state index in [2.05, 4.69) is 12.2 Å². The molecule has 0 radical (unpaired) electrons. The number of carbonyl (C=O) groups is 1. The van der Waals surface area contributed by atoms with Crippen LogP contribution in [0.1, 0.15) is 43.0 Å². The Balaban J connectivity index is 2.20. The minimum atomic E-state index is -0.430. The summed E-state index contributed by atoms with van der Waals surface area (Å²) in [5.41, 5.74) is 2.02. The number of anilines is 1. The van der Waals surface area contributed by atoms with Gasteiger partial charge in [0, 0.05) is 35.2 Å². The molecular weight excluding hydrogens is 316 g/mol. The van der Waals surface area contributed by atoms with Gasteiger partial charge in [-0.3, -0.25) is 14.9 Å². The Hall–Kier alpha value is -2.95. The van der Waals surface area contributed by atoms with Crippen molar-refractivity contribution in [1.29, 1.82) is 0 Å². The number of hydrogen-bond acceptors (Lipinski definition) is 4. The molecule has 0 spiro atoms. The molecule has 0 aliphatic carbocycles. The van der Waals surface area contributed by atoms with Gasteiger partial charge in [-0.2, -0.15) is 0 Å². The summed E-state index contributed by atoms with van der Waals surface area (Å²) < 4.78 is 0. The van der Waals surface area contributed by atoms with Crippen molar-refractivity contribution in [2.45, 2.75) is 32.6 Å². The Morgan fingerprint density at radius 3 is 2.56 bits per heavy atom. The smallest absolute Gasteiger partial charge is 0.271 e. The van der Waals surface area contributed by atoms with Crippen molar-refractivity contribution in [2.24, 2.45) is 0 Å². The fraction of sp³-hybridized carbons (Fsp3) is 0.250. The second kappa shape index (κ2) is 9.37. The van der Waals surface area contributed by atoms with Gasteiger partial charge in [0.05, 0.1) is 4.92 Å². The summed E-state index contributed by atoms with van der Waals surface area (Å²) in [7, 11) is 0. The molecule has 25 heavy (non-hydrogen) atoms. The maximum atomic E-state index is 12.4. The predicted molar refractivity (Wildman–Crippen MR) is 99.7 cm³/mol. The number of ketones is 1. The van der Waals surface area contributed by atoms with Gasteiger partial charge in [-0.05, 0) is 18.9 Å². The van der Waals surface area contributed by atoms with E-state index >= 15 is 0 Å². The summed E-state index contributed by atoms with van der Waals surface area (Å²) >= 11 is 0. The van der Waals surface area contributed by atoms with Gasteiger partial charge >= 0.3 is 0 Å². The molecule has 0 heterocycles. The number of benzene rings is 2. The van der Waals surface area contributed by atoms with Crippen molar-refractivity contribution in [3.63, 3.8) is 0 Å². The fourth-order valence-electron chi connectivity index (χ4n) is 2.46. The topological polar surface area (TPSA) is 72.2 Å². The molecular formula is C20H22N2O3.